The number of allylic oxidation sites excluding steroid dienone is 4. The van der Waals surface area contributed by atoms with E-state index in [1.54, 1.807) is 0 Å². The molecule has 0 aromatic heterocycles. The maximum atomic E-state index is 5.99. The van der Waals surface area contributed by atoms with Gasteiger partial charge in [0.25, 0.3) is 0 Å². The Balaban J connectivity index is 2.08. The van der Waals surface area contributed by atoms with E-state index in [0.717, 1.165) is 24.4 Å². The molecule has 0 atom stereocenters. The molecule has 0 spiro atoms. The SMILES string of the molecule is CCCCC/C1=C/C=C\Cc2ccccc2O1. The third-order valence-corrected chi connectivity index (χ3v) is 3.00. The first kappa shape index (κ1) is 12.0. The van der Waals surface area contributed by atoms with Crippen molar-refractivity contribution in [2.45, 2.75) is 39.0 Å². The summed E-state index contributed by atoms with van der Waals surface area (Å²) in [5.41, 5.74) is 1.27. The number of hydrogen-bond donors (Lipinski definition) is 0. The molecular formula is C16H20O. The second-order valence-corrected chi connectivity index (χ2v) is 4.43. The van der Waals surface area contributed by atoms with Gasteiger partial charge in [0.05, 0.1) is 0 Å². The highest BCUT2D eigenvalue weighted by Gasteiger charge is 2.06. The molecule has 0 aliphatic carbocycles. The van der Waals surface area contributed by atoms with Gasteiger partial charge in [0.15, 0.2) is 0 Å². The molecule has 1 aliphatic rings. The van der Waals surface area contributed by atoms with Crippen molar-refractivity contribution in [3.8, 4) is 5.75 Å². The molecular weight excluding hydrogens is 208 g/mol. The van der Waals surface area contributed by atoms with Crippen molar-refractivity contribution in [3.63, 3.8) is 0 Å². The number of benzene rings is 1. The Morgan fingerprint density at radius 3 is 2.94 bits per heavy atom. The van der Waals surface area contributed by atoms with Crippen molar-refractivity contribution in [2.24, 2.45) is 0 Å². The molecule has 1 heteroatoms. The minimum Gasteiger partial charge on any atom is -0.461 e. The normalized spacial score (nSPS) is 19.2. The van der Waals surface area contributed by atoms with Crippen molar-refractivity contribution < 1.29 is 4.74 Å². The predicted molar refractivity (Wildman–Crippen MR) is 72.1 cm³/mol. The largest absolute Gasteiger partial charge is 0.461 e. The van der Waals surface area contributed by atoms with Gasteiger partial charge in [-0.3, -0.25) is 0 Å². The molecule has 2 rings (SSSR count). The third kappa shape index (κ3) is 3.48. The van der Waals surface area contributed by atoms with Gasteiger partial charge in [-0.05, 0) is 30.5 Å². The lowest BCUT2D eigenvalue weighted by molar-refractivity contribution is 0.392. The van der Waals surface area contributed by atoms with Crippen LogP contribution in [0.5, 0.6) is 5.75 Å². The van der Waals surface area contributed by atoms with E-state index in [1.807, 2.05) is 6.07 Å². The van der Waals surface area contributed by atoms with E-state index in [0.29, 0.717) is 0 Å². The summed E-state index contributed by atoms with van der Waals surface area (Å²) in [5, 5.41) is 0. The lowest BCUT2D eigenvalue weighted by atomic mass is 10.1. The topological polar surface area (TPSA) is 9.23 Å². The van der Waals surface area contributed by atoms with Gasteiger partial charge in [-0.1, -0.05) is 50.1 Å². The Morgan fingerprint density at radius 2 is 2.06 bits per heavy atom. The van der Waals surface area contributed by atoms with Crippen molar-refractivity contribution in [2.75, 3.05) is 0 Å². The monoisotopic (exact) mass is 228 g/mol. The highest BCUT2D eigenvalue weighted by molar-refractivity contribution is 5.37. The van der Waals surface area contributed by atoms with Crippen molar-refractivity contribution in [3.05, 3.63) is 53.8 Å². The average molecular weight is 228 g/mol. The zero-order chi connectivity index (χ0) is 11.9. The molecule has 17 heavy (non-hydrogen) atoms. The van der Waals surface area contributed by atoms with Gasteiger partial charge in [-0.15, -0.1) is 0 Å². The second kappa shape index (κ2) is 6.29. The van der Waals surface area contributed by atoms with Crippen molar-refractivity contribution in [1.29, 1.82) is 0 Å². The van der Waals surface area contributed by atoms with Crippen LogP contribution in [0.2, 0.25) is 0 Å². The van der Waals surface area contributed by atoms with E-state index in [2.05, 4.69) is 43.4 Å². The van der Waals surface area contributed by atoms with E-state index in [4.69, 9.17) is 4.74 Å². The summed E-state index contributed by atoms with van der Waals surface area (Å²) >= 11 is 0. The fourth-order valence-corrected chi connectivity index (χ4v) is 2.00. The molecule has 0 unspecified atom stereocenters. The Hall–Kier alpha value is -1.50. The molecule has 0 saturated carbocycles. The van der Waals surface area contributed by atoms with Crippen LogP contribution in [0, 0.1) is 0 Å². The Labute approximate surface area is 104 Å². The van der Waals surface area contributed by atoms with Gasteiger partial charge in [0, 0.05) is 6.42 Å². The highest BCUT2D eigenvalue weighted by atomic mass is 16.5. The molecule has 1 aromatic carbocycles. The van der Waals surface area contributed by atoms with Crippen LogP contribution in [0.1, 0.15) is 38.2 Å². The molecule has 1 nitrogen and oxygen atoms in total. The molecule has 0 N–H and O–H groups in total. The average Bonchev–Trinajstić information content (AvgIpc) is 2.32. The van der Waals surface area contributed by atoms with Gasteiger partial charge >= 0.3 is 0 Å². The van der Waals surface area contributed by atoms with E-state index in [-0.39, 0.29) is 0 Å². The van der Waals surface area contributed by atoms with E-state index >= 15 is 0 Å². The van der Waals surface area contributed by atoms with Crippen LogP contribution in [0.15, 0.2) is 48.3 Å². The fourth-order valence-electron chi connectivity index (χ4n) is 2.00. The van der Waals surface area contributed by atoms with Gasteiger partial charge in [-0.25, -0.2) is 0 Å². The molecule has 0 amide bonds. The molecule has 0 radical (unpaired) electrons. The standard InChI is InChI=1S/C16H20O/c1-2-3-4-11-15-12-7-5-9-14-10-6-8-13-16(14)17-15/h5-8,10,12-13H,2-4,9,11H2,1H3/b7-5-,15-12-. The zero-order valence-electron chi connectivity index (χ0n) is 10.5. The molecule has 0 fully saturated rings. The summed E-state index contributed by atoms with van der Waals surface area (Å²) in [6.45, 7) is 2.22. The fraction of sp³-hybridized carbons (Fsp3) is 0.375. The number of rotatable bonds is 4. The molecule has 1 aromatic rings. The predicted octanol–water partition coefficient (Wildman–Crippen LogP) is 4.64. The van der Waals surface area contributed by atoms with Crippen molar-refractivity contribution in [1.82, 2.24) is 0 Å². The lowest BCUT2D eigenvalue weighted by Gasteiger charge is -2.14. The van der Waals surface area contributed by atoms with Crippen LogP contribution in [-0.2, 0) is 6.42 Å². The summed E-state index contributed by atoms with van der Waals surface area (Å²) in [5.74, 6) is 2.10. The van der Waals surface area contributed by atoms with E-state index < -0.39 is 0 Å². The smallest absolute Gasteiger partial charge is 0.130 e. The Kier molecular flexibility index (Phi) is 4.43. The van der Waals surface area contributed by atoms with Gasteiger partial charge < -0.3 is 4.74 Å². The summed E-state index contributed by atoms with van der Waals surface area (Å²) in [6.07, 6.45) is 12.1. The molecule has 0 saturated heterocycles. The Morgan fingerprint density at radius 1 is 1.18 bits per heavy atom. The molecule has 1 aliphatic heterocycles. The molecule has 90 valence electrons. The van der Waals surface area contributed by atoms with Crippen LogP contribution in [-0.4, -0.2) is 0 Å². The van der Waals surface area contributed by atoms with Crippen LogP contribution in [0.3, 0.4) is 0 Å². The van der Waals surface area contributed by atoms with Crippen LogP contribution < -0.4 is 4.74 Å². The minimum atomic E-state index is 0.953. The first-order chi connectivity index (χ1) is 8.40. The minimum absolute atomic E-state index is 0.953. The van der Waals surface area contributed by atoms with Crippen LogP contribution in [0.25, 0.3) is 0 Å². The number of hydrogen-bond acceptors (Lipinski definition) is 1. The van der Waals surface area contributed by atoms with Crippen molar-refractivity contribution >= 4 is 0 Å². The quantitative estimate of drug-likeness (QED) is 0.682. The van der Waals surface area contributed by atoms with Gasteiger partial charge in [-0.2, -0.15) is 0 Å². The Bertz CT molecular complexity index is 415. The highest BCUT2D eigenvalue weighted by Crippen LogP contribution is 2.24. The lowest BCUT2D eigenvalue weighted by Crippen LogP contribution is -2.00. The summed E-state index contributed by atoms with van der Waals surface area (Å²) in [4.78, 5) is 0. The second-order valence-electron chi connectivity index (χ2n) is 4.43. The molecule has 1 heterocycles. The maximum Gasteiger partial charge on any atom is 0.130 e. The third-order valence-electron chi connectivity index (χ3n) is 3.00. The summed E-state index contributed by atoms with van der Waals surface area (Å²) < 4.78 is 5.99. The zero-order valence-corrected chi connectivity index (χ0v) is 10.5. The first-order valence-corrected chi connectivity index (χ1v) is 6.51. The maximum absolute atomic E-state index is 5.99. The number of unbranched alkanes of at least 4 members (excludes halogenated alkanes) is 2. The van der Waals surface area contributed by atoms with Crippen LogP contribution >= 0.6 is 0 Å². The molecule has 0 bridgehead atoms. The van der Waals surface area contributed by atoms with E-state index in [1.165, 1.54) is 24.8 Å². The van der Waals surface area contributed by atoms with E-state index in [9.17, 15) is 0 Å². The summed E-state index contributed by atoms with van der Waals surface area (Å²) in [6, 6.07) is 8.29. The van der Waals surface area contributed by atoms with Gasteiger partial charge in [0.2, 0.25) is 0 Å². The van der Waals surface area contributed by atoms with Crippen LogP contribution in [0.4, 0.5) is 0 Å². The number of fused-ring (bicyclic) bond motifs is 1. The first-order valence-electron chi connectivity index (χ1n) is 6.51. The summed E-state index contributed by atoms with van der Waals surface area (Å²) in [7, 11) is 0. The van der Waals surface area contributed by atoms with Gasteiger partial charge in [0.1, 0.15) is 11.5 Å². The number of para-hydroxylation sites is 1. The number of ether oxygens (including phenoxy) is 1.